The van der Waals surface area contributed by atoms with Crippen molar-refractivity contribution in [3.8, 4) is 0 Å². The highest BCUT2D eigenvalue weighted by Crippen LogP contribution is 2.26. The van der Waals surface area contributed by atoms with Crippen molar-refractivity contribution in [1.29, 1.82) is 0 Å². The number of aryl methyl sites for hydroxylation is 1. The zero-order valence-corrected chi connectivity index (χ0v) is 12.9. The van der Waals surface area contributed by atoms with Gasteiger partial charge in [0.25, 0.3) is 5.91 Å². The van der Waals surface area contributed by atoms with Crippen molar-refractivity contribution in [3.63, 3.8) is 0 Å². The summed E-state index contributed by atoms with van der Waals surface area (Å²) in [4.78, 5) is 30.9. The number of aromatic nitrogens is 3. The molecule has 0 atom stereocenters. The first-order valence-corrected chi connectivity index (χ1v) is 8.10. The smallest absolute Gasteiger partial charge is 0.287 e. The van der Waals surface area contributed by atoms with Gasteiger partial charge in [0.05, 0.1) is 0 Å². The van der Waals surface area contributed by atoms with Crippen LogP contribution in [0.2, 0.25) is 0 Å². The zero-order chi connectivity index (χ0) is 15.0. The second-order valence-corrected chi connectivity index (χ2v) is 6.90. The molecular formula is C14H18N4O2S. The van der Waals surface area contributed by atoms with Crippen LogP contribution >= 0.6 is 11.8 Å². The lowest BCUT2D eigenvalue weighted by molar-refractivity contribution is 0.0887. The van der Waals surface area contributed by atoms with E-state index < -0.39 is 0 Å². The molecule has 2 N–H and O–H groups in total. The van der Waals surface area contributed by atoms with Gasteiger partial charge in [0.2, 0.25) is 11.4 Å². The van der Waals surface area contributed by atoms with Crippen LogP contribution in [-0.4, -0.2) is 37.5 Å². The molecule has 1 amide bonds. The molecule has 0 radical (unpaired) electrons. The van der Waals surface area contributed by atoms with E-state index in [9.17, 15) is 9.59 Å². The van der Waals surface area contributed by atoms with Crippen molar-refractivity contribution in [3.05, 3.63) is 28.3 Å². The maximum Gasteiger partial charge on any atom is 0.287 e. The van der Waals surface area contributed by atoms with Gasteiger partial charge in [-0.1, -0.05) is 0 Å². The number of fused-ring (bicyclic) bond motifs is 1. The number of thioether (sulfide) groups is 1. The predicted molar refractivity (Wildman–Crippen MR) is 83.8 cm³/mol. The van der Waals surface area contributed by atoms with Gasteiger partial charge in [-0.2, -0.15) is 11.8 Å². The minimum Gasteiger partial charge on any atom is -0.344 e. The van der Waals surface area contributed by atoms with Crippen molar-refractivity contribution in [2.45, 2.75) is 25.3 Å². The minimum absolute atomic E-state index is 0.173. The summed E-state index contributed by atoms with van der Waals surface area (Å²) in [6.45, 7) is 2.08. The van der Waals surface area contributed by atoms with E-state index in [1.807, 2.05) is 11.8 Å². The van der Waals surface area contributed by atoms with Gasteiger partial charge in [0.1, 0.15) is 11.2 Å². The summed E-state index contributed by atoms with van der Waals surface area (Å²) in [5.74, 6) is 2.26. The number of nitrogens with zero attached hydrogens (tertiary/aromatic N) is 2. The Hall–Kier alpha value is -1.76. The summed E-state index contributed by atoms with van der Waals surface area (Å²) in [7, 11) is 1.74. The third-order valence-corrected chi connectivity index (χ3v) is 4.96. The molecule has 1 aliphatic rings. The number of amides is 1. The lowest BCUT2D eigenvalue weighted by Crippen LogP contribution is -2.48. The molecule has 0 saturated carbocycles. The second-order valence-electron chi connectivity index (χ2n) is 5.68. The fourth-order valence-electron chi connectivity index (χ4n) is 2.58. The van der Waals surface area contributed by atoms with Gasteiger partial charge in [0, 0.05) is 18.7 Å². The highest BCUT2D eigenvalue weighted by atomic mass is 32.2. The number of pyridine rings is 1. The monoisotopic (exact) mass is 306 g/mol. The van der Waals surface area contributed by atoms with E-state index in [1.54, 1.807) is 17.7 Å². The highest BCUT2D eigenvalue weighted by molar-refractivity contribution is 7.99. The van der Waals surface area contributed by atoms with Gasteiger partial charge < -0.3 is 14.9 Å². The summed E-state index contributed by atoms with van der Waals surface area (Å²) < 4.78 is 1.63. The van der Waals surface area contributed by atoms with Gasteiger partial charge in [0.15, 0.2) is 0 Å². The molecule has 0 unspecified atom stereocenters. The first kappa shape index (κ1) is 14.2. The van der Waals surface area contributed by atoms with E-state index in [4.69, 9.17) is 0 Å². The Morgan fingerprint density at radius 1 is 1.43 bits per heavy atom. The van der Waals surface area contributed by atoms with Crippen molar-refractivity contribution in [1.82, 2.24) is 19.9 Å². The third kappa shape index (κ3) is 2.70. The van der Waals surface area contributed by atoms with Gasteiger partial charge >= 0.3 is 0 Å². The summed E-state index contributed by atoms with van der Waals surface area (Å²) >= 11 is 1.92. The lowest BCUT2D eigenvalue weighted by atomic mass is 9.95. The molecule has 1 aliphatic heterocycles. The van der Waals surface area contributed by atoms with Gasteiger partial charge in [-0.25, -0.2) is 4.98 Å². The molecule has 1 fully saturated rings. The van der Waals surface area contributed by atoms with Crippen LogP contribution in [0.15, 0.2) is 16.9 Å². The molecular weight excluding hydrogens is 288 g/mol. The Morgan fingerprint density at radius 2 is 2.14 bits per heavy atom. The number of hydrogen-bond donors (Lipinski definition) is 2. The topological polar surface area (TPSA) is 79.8 Å². The Labute approximate surface area is 126 Å². The molecule has 6 nitrogen and oxygen atoms in total. The number of carbonyl (C=O) groups excluding carboxylic acids is 1. The van der Waals surface area contributed by atoms with Crippen LogP contribution in [0.1, 0.15) is 30.4 Å². The summed E-state index contributed by atoms with van der Waals surface area (Å²) in [5, 5.41) is 3.10. The lowest BCUT2D eigenvalue weighted by Gasteiger charge is -2.34. The number of hydrogen-bond acceptors (Lipinski definition) is 4. The molecule has 2 aromatic heterocycles. The van der Waals surface area contributed by atoms with Crippen LogP contribution < -0.4 is 10.9 Å². The number of imidazole rings is 1. The summed E-state index contributed by atoms with van der Waals surface area (Å²) in [5.41, 5.74) is 0.811. The molecule has 21 heavy (non-hydrogen) atoms. The van der Waals surface area contributed by atoms with E-state index in [0.29, 0.717) is 17.0 Å². The molecule has 3 rings (SSSR count). The number of carbonyl (C=O) groups is 1. The fraction of sp³-hybridized carbons (Fsp3) is 0.500. The minimum atomic E-state index is -0.200. The first-order chi connectivity index (χ1) is 9.98. The van der Waals surface area contributed by atoms with E-state index in [-0.39, 0.29) is 17.0 Å². The second kappa shape index (κ2) is 5.22. The van der Waals surface area contributed by atoms with Crippen molar-refractivity contribution < 1.29 is 4.79 Å². The first-order valence-electron chi connectivity index (χ1n) is 6.95. The molecule has 112 valence electrons. The number of aromatic amines is 1. The molecule has 3 heterocycles. The van der Waals surface area contributed by atoms with Gasteiger partial charge in [-0.15, -0.1) is 0 Å². The predicted octanol–water partition coefficient (Wildman–Crippen LogP) is 1.28. The maximum absolute atomic E-state index is 12.5. The van der Waals surface area contributed by atoms with Crippen LogP contribution in [0.25, 0.3) is 11.2 Å². The number of rotatable bonds is 2. The van der Waals surface area contributed by atoms with Crippen molar-refractivity contribution >= 4 is 28.8 Å². The summed E-state index contributed by atoms with van der Waals surface area (Å²) in [6.07, 6.45) is 1.92. The average Bonchev–Trinajstić information content (AvgIpc) is 2.76. The standard InChI is InChI=1S/C14H18N4O2S/c1-14(5-7-21-8-6-14)17-13(20)12-15-9-3-4-10(19)16-11(9)18(12)2/h3-4H,5-8H2,1-2H3,(H,16,19)(H,17,20). The molecule has 1 saturated heterocycles. The van der Waals surface area contributed by atoms with Gasteiger partial charge in [-0.05, 0) is 37.3 Å². The Morgan fingerprint density at radius 3 is 2.86 bits per heavy atom. The quantitative estimate of drug-likeness (QED) is 0.876. The third-order valence-electron chi connectivity index (χ3n) is 3.97. The van der Waals surface area contributed by atoms with Crippen LogP contribution in [0.4, 0.5) is 0 Å². The van der Waals surface area contributed by atoms with Crippen LogP contribution in [0.3, 0.4) is 0 Å². The molecule has 7 heteroatoms. The SMILES string of the molecule is Cn1c(C(=O)NC2(C)CCSCC2)nc2ccc(=O)[nH]c21. The van der Waals surface area contributed by atoms with Crippen LogP contribution in [0.5, 0.6) is 0 Å². The van der Waals surface area contributed by atoms with Crippen molar-refractivity contribution in [2.75, 3.05) is 11.5 Å². The Balaban J connectivity index is 1.91. The van der Waals surface area contributed by atoms with Crippen molar-refractivity contribution in [2.24, 2.45) is 7.05 Å². The summed E-state index contributed by atoms with van der Waals surface area (Å²) in [6, 6.07) is 3.04. The largest absolute Gasteiger partial charge is 0.344 e. The highest BCUT2D eigenvalue weighted by Gasteiger charge is 2.30. The zero-order valence-electron chi connectivity index (χ0n) is 12.1. The number of nitrogens with one attached hydrogen (secondary N) is 2. The Kier molecular flexibility index (Phi) is 3.52. The van der Waals surface area contributed by atoms with Crippen LogP contribution in [0, 0.1) is 0 Å². The molecule has 0 aromatic carbocycles. The van der Waals surface area contributed by atoms with Crippen LogP contribution in [-0.2, 0) is 7.05 Å². The molecule has 0 bridgehead atoms. The number of H-pyrrole nitrogens is 1. The Bertz CT molecular complexity index is 743. The van der Waals surface area contributed by atoms with E-state index >= 15 is 0 Å². The normalized spacial score (nSPS) is 17.8. The molecule has 0 spiro atoms. The van der Waals surface area contributed by atoms with E-state index in [2.05, 4.69) is 22.2 Å². The maximum atomic E-state index is 12.5. The fourth-order valence-corrected chi connectivity index (χ4v) is 3.97. The van der Waals surface area contributed by atoms with E-state index in [0.717, 1.165) is 24.3 Å². The molecule has 0 aliphatic carbocycles. The van der Waals surface area contributed by atoms with Gasteiger partial charge in [-0.3, -0.25) is 9.59 Å². The average molecular weight is 306 g/mol. The molecule has 2 aromatic rings. The van der Waals surface area contributed by atoms with E-state index in [1.165, 1.54) is 6.07 Å².